The molecule has 0 aliphatic rings. The van der Waals surface area contributed by atoms with Gasteiger partial charge in [0.2, 0.25) is 0 Å². The third kappa shape index (κ3) is 3.97. The van der Waals surface area contributed by atoms with E-state index < -0.39 is 0 Å². The lowest BCUT2D eigenvalue weighted by Crippen LogP contribution is -2.27. The molecular weight excluding hydrogens is 192 g/mol. The standard InChI is InChI=1S/C10H20N4O/c1-3-5-14-10(12-8-13-14)7-11-6-9(15)4-2/h8-9,11,15H,3-7H2,1-2H3. The van der Waals surface area contributed by atoms with Crippen LogP contribution in [0.2, 0.25) is 0 Å². The van der Waals surface area contributed by atoms with E-state index in [0.29, 0.717) is 13.1 Å². The van der Waals surface area contributed by atoms with Gasteiger partial charge in [0.25, 0.3) is 0 Å². The molecule has 1 heterocycles. The lowest BCUT2D eigenvalue weighted by Gasteiger charge is -2.09. The SMILES string of the molecule is CCCn1ncnc1CNCC(O)CC. The summed E-state index contributed by atoms with van der Waals surface area (Å²) in [5, 5.41) is 16.6. The molecule has 1 aromatic heterocycles. The summed E-state index contributed by atoms with van der Waals surface area (Å²) in [6, 6.07) is 0. The maximum Gasteiger partial charge on any atom is 0.140 e. The molecule has 0 aliphatic heterocycles. The summed E-state index contributed by atoms with van der Waals surface area (Å²) in [5.41, 5.74) is 0. The normalized spacial score (nSPS) is 13.0. The van der Waals surface area contributed by atoms with Gasteiger partial charge in [-0.2, -0.15) is 5.10 Å². The van der Waals surface area contributed by atoms with Crippen molar-refractivity contribution in [2.24, 2.45) is 0 Å². The molecular formula is C10H20N4O. The van der Waals surface area contributed by atoms with Crippen molar-refractivity contribution >= 4 is 0 Å². The fraction of sp³-hybridized carbons (Fsp3) is 0.800. The van der Waals surface area contributed by atoms with Crippen LogP contribution in [0, 0.1) is 0 Å². The summed E-state index contributed by atoms with van der Waals surface area (Å²) >= 11 is 0. The molecule has 1 aromatic rings. The molecule has 0 saturated heterocycles. The highest BCUT2D eigenvalue weighted by Crippen LogP contribution is 1.96. The van der Waals surface area contributed by atoms with E-state index in [1.54, 1.807) is 6.33 Å². The van der Waals surface area contributed by atoms with Crippen LogP contribution in [-0.4, -0.2) is 32.5 Å². The van der Waals surface area contributed by atoms with Crippen LogP contribution in [-0.2, 0) is 13.1 Å². The lowest BCUT2D eigenvalue weighted by molar-refractivity contribution is 0.166. The predicted molar refractivity (Wildman–Crippen MR) is 58.3 cm³/mol. The van der Waals surface area contributed by atoms with Gasteiger partial charge in [-0.25, -0.2) is 9.67 Å². The third-order valence-electron chi connectivity index (χ3n) is 2.27. The zero-order chi connectivity index (χ0) is 11.1. The first-order valence-corrected chi connectivity index (χ1v) is 5.53. The average Bonchev–Trinajstić information content (AvgIpc) is 2.66. The quantitative estimate of drug-likeness (QED) is 0.693. The molecule has 1 rings (SSSR count). The first-order chi connectivity index (χ1) is 7.27. The van der Waals surface area contributed by atoms with Crippen LogP contribution in [0.15, 0.2) is 6.33 Å². The van der Waals surface area contributed by atoms with Gasteiger partial charge in [-0.05, 0) is 12.8 Å². The van der Waals surface area contributed by atoms with Gasteiger partial charge in [0.15, 0.2) is 0 Å². The molecule has 1 unspecified atom stereocenters. The first-order valence-electron chi connectivity index (χ1n) is 5.53. The van der Waals surface area contributed by atoms with Crippen LogP contribution in [0.4, 0.5) is 0 Å². The number of aromatic nitrogens is 3. The monoisotopic (exact) mass is 212 g/mol. The van der Waals surface area contributed by atoms with Crippen LogP contribution in [0.5, 0.6) is 0 Å². The molecule has 5 nitrogen and oxygen atoms in total. The molecule has 0 aliphatic carbocycles. The van der Waals surface area contributed by atoms with Crippen LogP contribution in [0.3, 0.4) is 0 Å². The molecule has 0 bridgehead atoms. The van der Waals surface area contributed by atoms with E-state index in [2.05, 4.69) is 22.3 Å². The second-order valence-electron chi connectivity index (χ2n) is 3.59. The van der Waals surface area contributed by atoms with Gasteiger partial charge in [-0.15, -0.1) is 0 Å². The van der Waals surface area contributed by atoms with E-state index in [1.807, 2.05) is 11.6 Å². The third-order valence-corrected chi connectivity index (χ3v) is 2.27. The smallest absolute Gasteiger partial charge is 0.140 e. The Labute approximate surface area is 90.5 Å². The number of aliphatic hydroxyl groups excluding tert-OH is 1. The number of rotatable bonds is 7. The van der Waals surface area contributed by atoms with Crippen molar-refractivity contribution in [3.05, 3.63) is 12.2 Å². The molecule has 0 fully saturated rings. The fourth-order valence-corrected chi connectivity index (χ4v) is 1.32. The highest BCUT2D eigenvalue weighted by atomic mass is 16.3. The molecule has 86 valence electrons. The van der Waals surface area contributed by atoms with Crippen LogP contribution >= 0.6 is 0 Å². The number of nitrogens with one attached hydrogen (secondary N) is 1. The number of hydrogen-bond donors (Lipinski definition) is 2. The van der Waals surface area contributed by atoms with Crippen molar-refractivity contribution in [2.45, 2.75) is 45.9 Å². The van der Waals surface area contributed by atoms with Crippen molar-refractivity contribution in [1.29, 1.82) is 0 Å². The Kier molecular flexibility index (Phi) is 5.28. The minimum absolute atomic E-state index is 0.271. The van der Waals surface area contributed by atoms with Gasteiger partial charge in [0, 0.05) is 13.1 Å². The number of aryl methyl sites for hydroxylation is 1. The summed E-state index contributed by atoms with van der Waals surface area (Å²) in [6.07, 6.45) is 3.12. The predicted octanol–water partition coefficient (Wildman–Crippen LogP) is 0.549. The van der Waals surface area contributed by atoms with Crippen LogP contribution < -0.4 is 5.32 Å². The molecule has 0 amide bonds. The Hall–Kier alpha value is -0.940. The van der Waals surface area contributed by atoms with Crippen LogP contribution in [0.25, 0.3) is 0 Å². The molecule has 15 heavy (non-hydrogen) atoms. The number of aliphatic hydroxyl groups is 1. The second-order valence-corrected chi connectivity index (χ2v) is 3.59. The molecule has 0 saturated carbocycles. The summed E-state index contributed by atoms with van der Waals surface area (Å²) in [4.78, 5) is 4.17. The molecule has 0 radical (unpaired) electrons. The van der Waals surface area contributed by atoms with Crippen LogP contribution in [0.1, 0.15) is 32.5 Å². The van der Waals surface area contributed by atoms with Crippen molar-refractivity contribution in [3.8, 4) is 0 Å². The van der Waals surface area contributed by atoms with E-state index in [1.165, 1.54) is 0 Å². The highest BCUT2D eigenvalue weighted by Gasteiger charge is 2.04. The summed E-state index contributed by atoms with van der Waals surface area (Å²) in [7, 11) is 0. The molecule has 5 heteroatoms. The summed E-state index contributed by atoms with van der Waals surface area (Å²) in [6.45, 7) is 6.24. The van der Waals surface area contributed by atoms with Gasteiger partial charge in [0.05, 0.1) is 12.6 Å². The Bertz CT molecular complexity index is 274. The minimum atomic E-state index is -0.271. The second kappa shape index (κ2) is 6.53. The maximum atomic E-state index is 9.35. The first kappa shape index (κ1) is 12.1. The number of nitrogens with zero attached hydrogens (tertiary/aromatic N) is 3. The van der Waals surface area contributed by atoms with Crippen molar-refractivity contribution in [3.63, 3.8) is 0 Å². The Balaban J connectivity index is 2.33. The molecule has 2 N–H and O–H groups in total. The van der Waals surface area contributed by atoms with E-state index >= 15 is 0 Å². The Morgan fingerprint density at radius 3 is 3.00 bits per heavy atom. The zero-order valence-electron chi connectivity index (χ0n) is 9.48. The Morgan fingerprint density at radius 2 is 2.33 bits per heavy atom. The highest BCUT2D eigenvalue weighted by molar-refractivity contribution is 4.83. The van der Waals surface area contributed by atoms with Gasteiger partial charge < -0.3 is 10.4 Å². The molecule has 1 atom stereocenters. The van der Waals surface area contributed by atoms with E-state index in [4.69, 9.17) is 0 Å². The lowest BCUT2D eigenvalue weighted by atomic mass is 10.3. The number of hydrogen-bond acceptors (Lipinski definition) is 4. The van der Waals surface area contributed by atoms with Crippen molar-refractivity contribution < 1.29 is 5.11 Å². The Morgan fingerprint density at radius 1 is 1.53 bits per heavy atom. The summed E-state index contributed by atoms with van der Waals surface area (Å²) < 4.78 is 1.89. The zero-order valence-corrected chi connectivity index (χ0v) is 9.48. The van der Waals surface area contributed by atoms with Crippen molar-refractivity contribution in [1.82, 2.24) is 20.1 Å². The van der Waals surface area contributed by atoms with E-state index in [-0.39, 0.29) is 6.10 Å². The average molecular weight is 212 g/mol. The van der Waals surface area contributed by atoms with E-state index in [0.717, 1.165) is 25.2 Å². The minimum Gasteiger partial charge on any atom is -0.392 e. The van der Waals surface area contributed by atoms with Gasteiger partial charge in [0.1, 0.15) is 12.2 Å². The molecule has 0 spiro atoms. The fourth-order valence-electron chi connectivity index (χ4n) is 1.32. The maximum absolute atomic E-state index is 9.35. The molecule has 0 aromatic carbocycles. The largest absolute Gasteiger partial charge is 0.392 e. The summed E-state index contributed by atoms with van der Waals surface area (Å²) in [5.74, 6) is 0.931. The van der Waals surface area contributed by atoms with Crippen molar-refractivity contribution in [2.75, 3.05) is 6.54 Å². The topological polar surface area (TPSA) is 63.0 Å². The van der Waals surface area contributed by atoms with Gasteiger partial charge in [-0.1, -0.05) is 13.8 Å². The van der Waals surface area contributed by atoms with Gasteiger partial charge in [-0.3, -0.25) is 0 Å². The van der Waals surface area contributed by atoms with E-state index in [9.17, 15) is 5.11 Å². The van der Waals surface area contributed by atoms with Gasteiger partial charge >= 0.3 is 0 Å².